The number of anilines is 1. The Morgan fingerprint density at radius 1 is 0.750 bits per heavy atom. The van der Waals surface area contributed by atoms with Crippen LogP contribution < -0.4 is 4.90 Å². The Labute approximate surface area is 171 Å². The number of hydrogen-bond donors (Lipinski definition) is 0. The number of sulfonamides is 1. The molecule has 0 spiro atoms. The lowest BCUT2D eigenvalue weighted by Gasteiger charge is -2.24. The zero-order chi connectivity index (χ0) is 20.6. The third kappa shape index (κ3) is 5.48. The molecule has 0 saturated heterocycles. The van der Waals surface area contributed by atoms with Crippen molar-refractivity contribution >= 4 is 26.5 Å². The first-order valence-electron chi connectivity index (χ1n) is 10.6. The van der Waals surface area contributed by atoms with Crippen molar-refractivity contribution in [2.24, 2.45) is 0 Å². The Kier molecular flexibility index (Phi) is 8.77. The molecule has 156 valence electrons. The fraction of sp³-hybridized carbons (Fsp3) is 0.565. The number of fused-ring (bicyclic) bond motifs is 1. The van der Waals surface area contributed by atoms with Gasteiger partial charge in [-0.2, -0.15) is 4.31 Å². The second-order valence-electron chi connectivity index (χ2n) is 7.69. The quantitative estimate of drug-likeness (QED) is 0.428. The Morgan fingerprint density at radius 3 is 2.04 bits per heavy atom. The molecule has 0 amide bonds. The molecular formula is C23H36N2O2S. The van der Waals surface area contributed by atoms with E-state index in [9.17, 15) is 8.42 Å². The van der Waals surface area contributed by atoms with Crippen LogP contribution in [0.15, 0.2) is 41.3 Å². The van der Waals surface area contributed by atoms with Crippen molar-refractivity contribution in [2.45, 2.75) is 63.7 Å². The number of nitrogens with zero attached hydrogens (tertiary/aromatic N) is 2. The molecule has 0 aliphatic heterocycles. The lowest BCUT2D eigenvalue weighted by molar-refractivity contribution is 0.390. The summed E-state index contributed by atoms with van der Waals surface area (Å²) in [5, 5.41) is 1.79. The van der Waals surface area contributed by atoms with Crippen molar-refractivity contribution in [3.8, 4) is 0 Å². The van der Waals surface area contributed by atoms with Crippen LogP contribution >= 0.6 is 0 Å². The smallest absolute Gasteiger partial charge is 0.243 e. The molecule has 0 radical (unpaired) electrons. The van der Waals surface area contributed by atoms with Gasteiger partial charge in [0.1, 0.15) is 0 Å². The van der Waals surface area contributed by atoms with E-state index >= 15 is 0 Å². The maximum atomic E-state index is 13.6. The van der Waals surface area contributed by atoms with Crippen LogP contribution in [0.5, 0.6) is 0 Å². The average molecular weight is 405 g/mol. The van der Waals surface area contributed by atoms with E-state index in [1.165, 1.54) is 19.3 Å². The number of rotatable bonds is 12. The van der Waals surface area contributed by atoms with Crippen molar-refractivity contribution in [3.63, 3.8) is 0 Å². The predicted octanol–water partition coefficient (Wildman–Crippen LogP) is 5.67. The van der Waals surface area contributed by atoms with Crippen LogP contribution in [0, 0.1) is 0 Å². The highest BCUT2D eigenvalue weighted by atomic mass is 32.2. The molecule has 4 nitrogen and oxygen atoms in total. The summed E-state index contributed by atoms with van der Waals surface area (Å²) in [5.41, 5.74) is 1.04. The molecule has 2 aromatic rings. The Balaban J connectivity index is 2.36. The summed E-state index contributed by atoms with van der Waals surface area (Å²) in [4.78, 5) is 2.46. The minimum Gasteiger partial charge on any atom is -0.377 e. The van der Waals surface area contributed by atoms with E-state index in [0.717, 1.165) is 42.1 Å². The van der Waals surface area contributed by atoms with Crippen LogP contribution in [0.4, 0.5) is 5.69 Å². The average Bonchev–Trinajstić information content (AvgIpc) is 2.68. The third-order valence-corrected chi connectivity index (χ3v) is 7.19. The molecule has 5 heteroatoms. The number of hydrogen-bond acceptors (Lipinski definition) is 3. The molecule has 0 heterocycles. The molecule has 0 fully saturated rings. The van der Waals surface area contributed by atoms with Gasteiger partial charge in [0.25, 0.3) is 0 Å². The van der Waals surface area contributed by atoms with Gasteiger partial charge in [0.05, 0.1) is 4.90 Å². The summed E-state index contributed by atoms with van der Waals surface area (Å²) in [6, 6.07) is 11.5. The maximum absolute atomic E-state index is 13.6. The van der Waals surface area contributed by atoms with Crippen molar-refractivity contribution < 1.29 is 8.42 Å². The van der Waals surface area contributed by atoms with E-state index in [4.69, 9.17) is 0 Å². The van der Waals surface area contributed by atoms with Crippen LogP contribution in [0.1, 0.15) is 58.8 Å². The first-order chi connectivity index (χ1) is 13.4. The number of benzene rings is 2. The van der Waals surface area contributed by atoms with Gasteiger partial charge in [0.2, 0.25) is 10.0 Å². The van der Waals surface area contributed by atoms with Gasteiger partial charge in [-0.25, -0.2) is 8.42 Å². The highest BCUT2D eigenvalue weighted by Crippen LogP contribution is 2.31. The van der Waals surface area contributed by atoms with E-state index in [1.54, 1.807) is 10.4 Å². The van der Waals surface area contributed by atoms with Crippen molar-refractivity contribution in [3.05, 3.63) is 36.4 Å². The van der Waals surface area contributed by atoms with Crippen LogP contribution in [0.3, 0.4) is 0 Å². The second kappa shape index (κ2) is 10.8. The third-order valence-electron chi connectivity index (χ3n) is 5.23. The Bertz CT molecular complexity index is 847. The van der Waals surface area contributed by atoms with Crippen LogP contribution in [-0.4, -0.2) is 39.9 Å². The minimum atomic E-state index is -3.52. The van der Waals surface area contributed by atoms with Gasteiger partial charge in [-0.05, 0) is 25.0 Å². The van der Waals surface area contributed by atoms with Gasteiger partial charge in [-0.1, -0.05) is 70.2 Å². The summed E-state index contributed by atoms with van der Waals surface area (Å²) in [6.45, 7) is 5.50. The zero-order valence-corrected chi connectivity index (χ0v) is 18.8. The van der Waals surface area contributed by atoms with Crippen LogP contribution in [-0.2, 0) is 10.0 Å². The molecule has 0 atom stereocenters. The van der Waals surface area contributed by atoms with Gasteiger partial charge in [0.15, 0.2) is 0 Å². The highest BCUT2D eigenvalue weighted by molar-refractivity contribution is 7.89. The lowest BCUT2D eigenvalue weighted by atomic mass is 10.1. The second-order valence-corrected chi connectivity index (χ2v) is 9.60. The standard InChI is InChI=1S/C23H36N2O2S/c1-5-7-9-10-11-19-25(18-8-6-2)28(26,27)23-17-13-14-20-21(23)15-12-16-22(20)24(3)4/h12-17H,5-11,18-19H2,1-4H3. The van der Waals surface area contributed by atoms with E-state index in [0.29, 0.717) is 18.0 Å². The predicted molar refractivity (Wildman–Crippen MR) is 121 cm³/mol. The fourth-order valence-electron chi connectivity index (χ4n) is 3.60. The van der Waals surface area contributed by atoms with E-state index in [-0.39, 0.29) is 0 Å². The summed E-state index contributed by atoms with van der Waals surface area (Å²) in [7, 11) is 0.452. The van der Waals surface area contributed by atoms with Crippen molar-refractivity contribution in [1.29, 1.82) is 0 Å². The number of unbranched alkanes of at least 4 members (excludes halogenated alkanes) is 5. The highest BCUT2D eigenvalue weighted by Gasteiger charge is 2.26. The fourth-order valence-corrected chi connectivity index (χ4v) is 5.32. The molecule has 2 rings (SSSR count). The van der Waals surface area contributed by atoms with Crippen molar-refractivity contribution in [2.75, 3.05) is 32.1 Å². The maximum Gasteiger partial charge on any atom is 0.243 e. The van der Waals surface area contributed by atoms with Crippen LogP contribution in [0.2, 0.25) is 0 Å². The normalized spacial score (nSPS) is 12.0. The van der Waals surface area contributed by atoms with Crippen LogP contribution in [0.25, 0.3) is 10.8 Å². The summed E-state index contributed by atoms with van der Waals surface area (Å²) >= 11 is 0. The minimum absolute atomic E-state index is 0.429. The molecular weight excluding hydrogens is 368 g/mol. The summed E-state index contributed by atoms with van der Waals surface area (Å²) < 4.78 is 28.8. The van der Waals surface area contributed by atoms with Gasteiger partial charge in [-0.15, -0.1) is 0 Å². The zero-order valence-electron chi connectivity index (χ0n) is 17.9. The molecule has 0 aromatic heterocycles. The summed E-state index contributed by atoms with van der Waals surface area (Å²) in [6.07, 6.45) is 7.49. The molecule has 0 unspecified atom stereocenters. The van der Waals surface area contributed by atoms with Crippen molar-refractivity contribution in [1.82, 2.24) is 4.31 Å². The monoisotopic (exact) mass is 404 g/mol. The Morgan fingerprint density at radius 2 is 1.36 bits per heavy atom. The molecule has 0 aliphatic carbocycles. The molecule has 0 aliphatic rings. The van der Waals surface area contributed by atoms with E-state index in [2.05, 4.69) is 13.8 Å². The van der Waals surface area contributed by atoms with E-state index < -0.39 is 10.0 Å². The molecule has 0 bridgehead atoms. The summed E-state index contributed by atoms with van der Waals surface area (Å²) in [5.74, 6) is 0. The first-order valence-corrected chi connectivity index (χ1v) is 12.1. The van der Waals surface area contributed by atoms with E-state index in [1.807, 2.05) is 49.3 Å². The largest absolute Gasteiger partial charge is 0.377 e. The first kappa shape index (κ1) is 22.7. The Hall–Kier alpha value is -1.59. The van der Waals surface area contributed by atoms with Gasteiger partial charge >= 0.3 is 0 Å². The molecule has 0 saturated carbocycles. The lowest BCUT2D eigenvalue weighted by Crippen LogP contribution is -2.33. The topological polar surface area (TPSA) is 40.6 Å². The van der Waals surface area contributed by atoms with Gasteiger partial charge < -0.3 is 4.90 Å². The molecule has 28 heavy (non-hydrogen) atoms. The SMILES string of the molecule is CCCCCCCN(CCCC)S(=O)(=O)c1cccc2c(N(C)C)cccc12. The molecule has 0 N–H and O–H groups in total. The molecule has 2 aromatic carbocycles. The van der Waals surface area contributed by atoms with Gasteiger partial charge in [0, 0.05) is 43.6 Å². The van der Waals surface area contributed by atoms with Gasteiger partial charge in [-0.3, -0.25) is 0 Å².